The molecule has 12 heavy (non-hydrogen) atoms. The number of rotatable bonds is 3. The Morgan fingerprint density at radius 1 is 1.75 bits per heavy atom. The Kier molecular flexibility index (Phi) is 3.09. The van der Waals surface area contributed by atoms with Gasteiger partial charge < -0.3 is 10.6 Å². The van der Waals surface area contributed by atoms with Crippen molar-refractivity contribution in [2.24, 2.45) is 10.9 Å². The van der Waals surface area contributed by atoms with E-state index in [0.29, 0.717) is 0 Å². The Morgan fingerprint density at radius 3 is 3.08 bits per heavy atom. The average Bonchev–Trinajstić information content (AvgIpc) is 2.01. The second-order valence-electron chi connectivity index (χ2n) is 3.77. The number of nitrogens with zero attached hydrogens (tertiary/aromatic N) is 1. The highest BCUT2D eigenvalue weighted by atomic mass is 16.6. The second-order valence-corrected chi connectivity index (χ2v) is 3.77. The molecule has 0 aromatic carbocycles. The van der Waals surface area contributed by atoms with Gasteiger partial charge in [0.05, 0.1) is 6.21 Å². The van der Waals surface area contributed by atoms with Crippen LogP contribution >= 0.6 is 0 Å². The molecule has 3 heteroatoms. The van der Waals surface area contributed by atoms with Crippen LogP contribution in [0.15, 0.2) is 5.16 Å². The Labute approximate surface area is 74.0 Å². The van der Waals surface area contributed by atoms with Crippen LogP contribution in [-0.2, 0) is 4.84 Å². The minimum Gasteiger partial charge on any atom is -0.390 e. The smallest absolute Gasteiger partial charge is 0.136 e. The van der Waals surface area contributed by atoms with E-state index in [9.17, 15) is 0 Å². The molecule has 0 aromatic rings. The quantitative estimate of drug-likeness (QED) is 0.700. The third-order valence-electron chi connectivity index (χ3n) is 2.25. The Balaban J connectivity index is 2.43. The van der Waals surface area contributed by atoms with Crippen molar-refractivity contribution >= 4 is 6.21 Å². The van der Waals surface area contributed by atoms with Gasteiger partial charge in [-0.2, -0.15) is 0 Å². The highest BCUT2D eigenvalue weighted by molar-refractivity contribution is 5.64. The van der Waals surface area contributed by atoms with Crippen LogP contribution in [0.3, 0.4) is 0 Å². The SMILES string of the molecule is CCCCC1(C)CC(N)C=NO1. The van der Waals surface area contributed by atoms with Gasteiger partial charge in [-0.25, -0.2) is 0 Å². The van der Waals surface area contributed by atoms with Gasteiger partial charge in [-0.1, -0.05) is 18.5 Å². The maximum Gasteiger partial charge on any atom is 0.136 e. The number of oxime groups is 1. The van der Waals surface area contributed by atoms with Gasteiger partial charge in [0.2, 0.25) is 0 Å². The van der Waals surface area contributed by atoms with Crippen molar-refractivity contribution in [3.8, 4) is 0 Å². The summed E-state index contributed by atoms with van der Waals surface area (Å²) in [6.07, 6.45) is 5.98. The van der Waals surface area contributed by atoms with E-state index in [2.05, 4.69) is 19.0 Å². The molecule has 0 bridgehead atoms. The molecule has 3 nitrogen and oxygen atoms in total. The van der Waals surface area contributed by atoms with E-state index in [1.807, 2.05) is 0 Å². The van der Waals surface area contributed by atoms with Gasteiger partial charge in [0.15, 0.2) is 0 Å². The first-order valence-corrected chi connectivity index (χ1v) is 4.63. The van der Waals surface area contributed by atoms with Crippen molar-refractivity contribution in [2.75, 3.05) is 0 Å². The highest BCUT2D eigenvalue weighted by Gasteiger charge is 2.30. The van der Waals surface area contributed by atoms with E-state index in [1.165, 1.54) is 12.8 Å². The minimum atomic E-state index is -0.121. The van der Waals surface area contributed by atoms with Gasteiger partial charge in [0.1, 0.15) is 5.60 Å². The summed E-state index contributed by atoms with van der Waals surface area (Å²) in [5, 5.41) is 3.81. The van der Waals surface area contributed by atoms with Crippen molar-refractivity contribution in [2.45, 2.75) is 51.2 Å². The van der Waals surface area contributed by atoms with Crippen molar-refractivity contribution in [1.82, 2.24) is 0 Å². The van der Waals surface area contributed by atoms with Crippen molar-refractivity contribution in [3.05, 3.63) is 0 Å². The third-order valence-corrected chi connectivity index (χ3v) is 2.25. The van der Waals surface area contributed by atoms with Gasteiger partial charge in [-0.15, -0.1) is 0 Å². The van der Waals surface area contributed by atoms with Crippen LogP contribution in [0.25, 0.3) is 0 Å². The maximum atomic E-state index is 5.75. The third kappa shape index (κ3) is 2.48. The first-order valence-electron chi connectivity index (χ1n) is 4.63. The molecule has 2 atom stereocenters. The predicted molar refractivity (Wildman–Crippen MR) is 50.1 cm³/mol. The lowest BCUT2D eigenvalue weighted by atomic mass is 9.91. The zero-order valence-electron chi connectivity index (χ0n) is 7.92. The van der Waals surface area contributed by atoms with E-state index in [-0.39, 0.29) is 11.6 Å². The number of nitrogens with two attached hydrogens (primary N) is 1. The molecule has 0 fully saturated rings. The maximum absolute atomic E-state index is 5.75. The molecule has 0 amide bonds. The van der Waals surface area contributed by atoms with Crippen LogP contribution in [0, 0.1) is 0 Å². The molecule has 2 N–H and O–H groups in total. The van der Waals surface area contributed by atoms with Crippen LogP contribution in [-0.4, -0.2) is 17.9 Å². The molecule has 0 aromatic heterocycles. The lowest BCUT2D eigenvalue weighted by molar-refractivity contribution is -0.0517. The van der Waals surface area contributed by atoms with Crippen LogP contribution in [0.4, 0.5) is 0 Å². The summed E-state index contributed by atoms with van der Waals surface area (Å²) in [5.74, 6) is 0. The summed E-state index contributed by atoms with van der Waals surface area (Å²) in [6.45, 7) is 4.26. The summed E-state index contributed by atoms with van der Waals surface area (Å²) in [7, 11) is 0. The monoisotopic (exact) mass is 170 g/mol. The molecule has 0 saturated carbocycles. The molecular weight excluding hydrogens is 152 g/mol. The summed E-state index contributed by atoms with van der Waals surface area (Å²) in [4.78, 5) is 5.33. The zero-order valence-corrected chi connectivity index (χ0v) is 7.92. The standard InChI is InChI=1S/C9H18N2O/c1-3-4-5-9(2)6-8(10)7-11-12-9/h7-8H,3-6,10H2,1-2H3. The summed E-state index contributed by atoms with van der Waals surface area (Å²) in [5.41, 5.74) is 5.63. The molecule has 0 spiro atoms. The number of hydrogen-bond donors (Lipinski definition) is 1. The van der Waals surface area contributed by atoms with E-state index in [1.54, 1.807) is 6.21 Å². The molecular formula is C9H18N2O. The molecule has 0 radical (unpaired) electrons. The fourth-order valence-corrected chi connectivity index (χ4v) is 1.52. The van der Waals surface area contributed by atoms with Gasteiger partial charge in [-0.05, 0) is 19.8 Å². The molecule has 1 aliphatic rings. The highest BCUT2D eigenvalue weighted by Crippen LogP contribution is 2.26. The van der Waals surface area contributed by atoms with Gasteiger partial charge >= 0.3 is 0 Å². The topological polar surface area (TPSA) is 47.6 Å². The molecule has 1 heterocycles. The zero-order chi connectivity index (χ0) is 9.03. The molecule has 0 saturated heterocycles. The van der Waals surface area contributed by atoms with Gasteiger partial charge in [0.25, 0.3) is 0 Å². The molecule has 1 aliphatic heterocycles. The van der Waals surface area contributed by atoms with Crippen molar-refractivity contribution in [1.29, 1.82) is 0 Å². The fourth-order valence-electron chi connectivity index (χ4n) is 1.52. The first-order chi connectivity index (χ1) is 5.66. The van der Waals surface area contributed by atoms with E-state index >= 15 is 0 Å². The van der Waals surface area contributed by atoms with E-state index in [0.717, 1.165) is 12.8 Å². The van der Waals surface area contributed by atoms with Crippen molar-refractivity contribution < 1.29 is 4.84 Å². The van der Waals surface area contributed by atoms with Crippen LogP contribution in [0.5, 0.6) is 0 Å². The summed E-state index contributed by atoms with van der Waals surface area (Å²) in [6, 6.07) is 0.0700. The Morgan fingerprint density at radius 2 is 2.50 bits per heavy atom. The lowest BCUT2D eigenvalue weighted by Gasteiger charge is -2.31. The van der Waals surface area contributed by atoms with Crippen molar-refractivity contribution in [3.63, 3.8) is 0 Å². The van der Waals surface area contributed by atoms with Gasteiger partial charge in [-0.3, -0.25) is 0 Å². The van der Waals surface area contributed by atoms with Crippen LogP contribution in [0.1, 0.15) is 39.5 Å². The van der Waals surface area contributed by atoms with E-state index in [4.69, 9.17) is 10.6 Å². The van der Waals surface area contributed by atoms with Crippen LogP contribution in [0.2, 0.25) is 0 Å². The predicted octanol–water partition coefficient (Wildman–Crippen LogP) is 1.67. The Hall–Kier alpha value is -0.570. The lowest BCUT2D eigenvalue weighted by Crippen LogP contribution is -2.40. The first kappa shape index (κ1) is 9.52. The molecule has 2 unspecified atom stereocenters. The summed E-state index contributed by atoms with van der Waals surface area (Å²) < 4.78 is 0. The second kappa shape index (κ2) is 3.90. The Bertz CT molecular complexity index is 170. The van der Waals surface area contributed by atoms with E-state index < -0.39 is 0 Å². The molecule has 70 valence electrons. The number of unbranched alkanes of at least 4 members (excludes halogenated alkanes) is 1. The fraction of sp³-hybridized carbons (Fsp3) is 0.889. The number of hydrogen-bond acceptors (Lipinski definition) is 3. The molecule has 1 rings (SSSR count). The average molecular weight is 170 g/mol. The van der Waals surface area contributed by atoms with Gasteiger partial charge in [0, 0.05) is 12.5 Å². The minimum absolute atomic E-state index is 0.0700. The van der Waals surface area contributed by atoms with Crippen LogP contribution < -0.4 is 5.73 Å². The largest absolute Gasteiger partial charge is 0.390 e. The normalized spacial score (nSPS) is 34.8. The summed E-state index contributed by atoms with van der Waals surface area (Å²) >= 11 is 0. The molecule has 0 aliphatic carbocycles.